The van der Waals surface area contributed by atoms with Crippen molar-refractivity contribution in [3.63, 3.8) is 0 Å². The summed E-state index contributed by atoms with van der Waals surface area (Å²) in [6.07, 6.45) is 3.12. The standard InChI is InChI=1S/C24H20F2N4O3/c25-21-15(4-1-7-28-21)13-5-6-19-16(9-13)24(12-32-23(27)30-24)17-10-18(14-3-2-8-31-11-14)29-22(26)20(17)33-19/h1,4-7,9-10,14H,2-3,8,11-12H2,(H2,27,30)/t14?,24-/m0/s1. The summed E-state index contributed by atoms with van der Waals surface area (Å²) in [5.41, 5.74) is 7.37. The molecule has 0 saturated carbocycles. The van der Waals surface area contributed by atoms with E-state index in [1.54, 1.807) is 30.3 Å². The van der Waals surface area contributed by atoms with Crippen LogP contribution in [0.1, 0.15) is 35.6 Å². The molecule has 2 N–H and O–H groups in total. The van der Waals surface area contributed by atoms with Gasteiger partial charge in [0, 0.05) is 41.1 Å². The Balaban J connectivity index is 1.54. The number of hydrogen-bond acceptors (Lipinski definition) is 7. The number of aromatic nitrogens is 2. The van der Waals surface area contributed by atoms with E-state index in [0.717, 1.165) is 12.8 Å². The van der Waals surface area contributed by atoms with Crippen molar-refractivity contribution in [3.05, 3.63) is 71.3 Å². The van der Waals surface area contributed by atoms with Crippen molar-refractivity contribution in [1.82, 2.24) is 9.97 Å². The SMILES string of the molecule is NC1=N[C@@]2(CO1)c1cc(-c3cccnc3F)ccc1Oc1c2cc(C2CCCOC2)nc1F. The van der Waals surface area contributed by atoms with E-state index in [1.165, 1.54) is 6.20 Å². The summed E-state index contributed by atoms with van der Waals surface area (Å²) in [6, 6.07) is 10.2. The molecular weight excluding hydrogens is 430 g/mol. The Bertz CT molecular complexity index is 1290. The largest absolute Gasteiger partial charge is 0.462 e. The minimum atomic E-state index is -1.14. The van der Waals surface area contributed by atoms with Crippen molar-refractivity contribution < 1.29 is 23.0 Å². The maximum atomic E-state index is 15.3. The molecule has 0 amide bonds. The van der Waals surface area contributed by atoms with Crippen LogP contribution in [-0.4, -0.2) is 35.8 Å². The van der Waals surface area contributed by atoms with E-state index in [4.69, 9.17) is 19.9 Å². The highest BCUT2D eigenvalue weighted by molar-refractivity contribution is 5.78. The molecule has 1 saturated heterocycles. The van der Waals surface area contributed by atoms with Crippen LogP contribution < -0.4 is 10.5 Å². The van der Waals surface area contributed by atoms with Crippen molar-refractivity contribution in [2.24, 2.45) is 10.7 Å². The zero-order valence-corrected chi connectivity index (χ0v) is 17.6. The van der Waals surface area contributed by atoms with Crippen LogP contribution in [-0.2, 0) is 15.0 Å². The molecule has 1 spiro atoms. The van der Waals surface area contributed by atoms with E-state index in [1.807, 2.05) is 6.07 Å². The Labute approximate surface area is 188 Å². The van der Waals surface area contributed by atoms with Gasteiger partial charge in [-0.2, -0.15) is 8.78 Å². The average Bonchev–Trinajstić information content (AvgIpc) is 3.23. The zero-order valence-electron chi connectivity index (χ0n) is 17.6. The van der Waals surface area contributed by atoms with Gasteiger partial charge in [0.05, 0.1) is 6.61 Å². The maximum absolute atomic E-state index is 15.3. The molecule has 3 aliphatic heterocycles. The minimum Gasteiger partial charge on any atom is -0.462 e. The molecule has 6 rings (SSSR count). The number of amidine groups is 1. The Morgan fingerprint density at radius 1 is 1.09 bits per heavy atom. The summed E-state index contributed by atoms with van der Waals surface area (Å²) in [7, 11) is 0. The van der Waals surface area contributed by atoms with E-state index in [9.17, 15) is 4.39 Å². The molecule has 2 aromatic heterocycles. The van der Waals surface area contributed by atoms with Crippen LogP contribution >= 0.6 is 0 Å². The number of fused-ring (bicyclic) bond motifs is 4. The fourth-order valence-corrected chi connectivity index (χ4v) is 4.78. The predicted octanol–water partition coefficient (Wildman–Crippen LogP) is 4.01. The van der Waals surface area contributed by atoms with Crippen LogP contribution in [0, 0.1) is 11.9 Å². The van der Waals surface area contributed by atoms with Gasteiger partial charge in [-0.25, -0.2) is 15.0 Å². The second-order valence-corrected chi connectivity index (χ2v) is 8.38. The number of ether oxygens (including phenoxy) is 3. The molecule has 0 bridgehead atoms. The molecule has 3 aromatic rings. The fraction of sp³-hybridized carbons (Fsp3) is 0.292. The quantitative estimate of drug-likeness (QED) is 0.593. The molecule has 9 heteroatoms. The van der Waals surface area contributed by atoms with Gasteiger partial charge < -0.3 is 19.9 Å². The number of pyridine rings is 2. The summed E-state index contributed by atoms with van der Waals surface area (Å²) in [5, 5.41) is 0. The first-order valence-corrected chi connectivity index (χ1v) is 10.8. The highest BCUT2D eigenvalue weighted by Gasteiger charge is 2.48. The van der Waals surface area contributed by atoms with Crippen LogP contribution in [0.25, 0.3) is 11.1 Å². The number of hydrogen-bond donors (Lipinski definition) is 1. The Hall–Kier alpha value is -3.59. The van der Waals surface area contributed by atoms with Crippen molar-refractivity contribution in [3.8, 4) is 22.6 Å². The lowest BCUT2D eigenvalue weighted by atomic mass is 9.79. The van der Waals surface area contributed by atoms with Gasteiger partial charge in [0.2, 0.25) is 5.95 Å². The lowest BCUT2D eigenvalue weighted by Gasteiger charge is -2.34. The Kier molecular flexibility index (Phi) is 4.55. The minimum absolute atomic E-state index is 0.00784. The smallest absolute Gasteiger partial charge is 0.283 e. The molecule has 1 aromatic carbocycles. The van der Waals surface area contributed by atoms with E-state index in [-0.39, 0.29) is 24.3 Å². The summed E-state index contributed by atoms with van der Waals surface area (Å²) < 4.78 is 46.8. The van der Waals surface area contributed by atoms with Crippen molar-refractivity contribution in [2.75, 3.05) is 19.8 Å². The molecule has 3 aliphatic rings. The van der Waals surface area contributed by atoms with Gasteiger partial charge in [0.15, 0.2) is 11.3 Å². The molecule has 5 heterocycles. The third-order valence-corrected chi connectivity index (χ3v) is 6.41. The molecular formula is C24H20F2N4O3. The maximum Gasteiger partial charge on any atom is 0.283 e. The normalized spacial score (nSPS) is 23.3. The predicted molar refractivity (Wildman–Crippen MR) is 115 cm³/mol. The third-order valence-electron chi connectivity index (χ3n) is 6.41. The highest BCUT2D eigenvalue weighted by atomic mass is 19.1. The van der Waals surface area contributed by atoms with E-state index < -0.39 is 17.4 Å². The summed E-state index contributed by atoms with van der Waals surface area (Å²) >= 11 is 0. The summed E-state index contributed by atoms with van der Waals surface area (Å²) in [5.74, 6) is -0.973. The highest BCUT2D eigenvalue weighted by Crippen LogP contribution is 2.52. The number of nitrogens with zero attached hydrogens (tertiary/aromatic N) is 3. The molecule has 168 valence electrons. The molecule has 1 fully saturated rings. The van der Waals surface area contributed by atoms with E-state index >= 15 is 4.39 Å². The van der Waals surface area contributed by atoms with Gasteiger partial charge in [-0.3, -0.25) is 0 Å². The van der Waals surface area contributed by atoms with Crippen molar-refractivity contribution in [2.45, 2.75) is 24.3 Å². The number of benzene rings is 1. The van der Waals surface area contributed by atoms with Crippen LogP contribution in [0.15, 0.2) is 47.6 Å². The van der Waals surface area contributed by atoms with E-state index in [2.05, 4.69) is 15.0 Å². The number of halogens is 2. The summed E-state index contributed by atoms with van der Waals surface area (Å²) in [6.45, 7) is 1.22. The van der Waals surface area contributed by atoms with Crippen LogP contribution in [0.2, 0.25) is 0 Å². The molecule has 0 aliphatic carbocycles. The lowest BCUT2D eigenvalue weighted by molar-refractivity contribution is 0.0789. The third kappa shape index (κ3) is 3.14. The van der Waals surface area contributed by atoms with Crippen LogP contribution in [0.5, 0.6) is 11.5 Å². The van der Waals surface area contributed by atoms with Gasteiger partial charge in [0.1, 0.15) is 12.4 Å². The van der Waals surface area contributed by atoms with Crippen LogP contribution in [0.4, 0.5) is 8.78 Å². The van der Waals surface area contributed by atoms with Gasteiger partial charge >= 0.3 is 0 Å². The van der Waals surface area contributed by atoms with E-state index in [0.29, 0.717) is 46.9 Å². The summed E-state index contributed by atoms with van der Waals surface area (Å²) in [4.78, 5) is 12.5. The Morgan fingerprint density at radius 2 is 2.00 bits per heavy atom. The zero-order chi connectivity index (χ0) is 22.6. The topological polar surface area (TPSA) is 91.9 Å². The number of aliphatic imine (C=N–C) groups is 1. The van der Waals surface area contributed by atoms with Crippen LogP contribution in [0.3, 0.4) is 0 Å². The van der Waals surface area contributed by atoms with Gasteiger partial charge in [-0.1, -0.05) is 6.07 Å². The fourth-order valence-electron chi connectivity index (χ4n) is 4.78. The molecule has 33 heavy (non-hydrogen) atoms. The number of rotatable bonds is 2. The van der Waals surface area contributed by atoms with Gasteiger partial charge in [-0.15, -0.1) is 0 Å². The second kappa shape index (κ2) is 7.48. The molecule has 7 nitrogen and oxygen atoms in total. The molecule has 1 unspecified atom stereocenters. The Morgan fingerprint density at radius 3 is 2.76 bits per heavy atom. The van der Waals surface area contributed by atoms with Crippen molar-refractivity contribution >= 4 is 6.02 Å². The second-order valence-electron chi connectivity index (χ2n) is 8.38. The molecule has 0 radical (unpaired) electrons. The first-order valence-electron chi connectivity index (χ1n) is 10.8. The first-order chi connectivity index (χ1) is 16.0. The first kappa shape index (κ1) is 20.0. The van der Waals surface area contributed by atoms with Gasteiger partial charge in [-0.05, 0) is 48.7 Å². The lowest BCUT2D eigenvalue weighted by Crippen LogP contribution is -2.32. The van der Waals surface area contributed by atoms with Crippen molar-refractivity contribution in [1.29, 1.82) is 0 Å². The monoisotopic (exact) mass is 450 g/mol. The molecule has 2 atom stereocenters. The number of nitrogens with two attached hydrogens (primary N) is 1. The average molecular weight is 450 g/mol. The van der Waals surface area contributed by atoms with Gasteiger partial charge in [0.25, 0.3) is 12.0 Å².